The van der Waals surface area contributed by atoms with Gasteiger partial charge in [-0.05, 0) is 0 Å². The summed E-state index contributed by atoms with van der Waals surface area (Å²) < 4.78 is 13.0. The number of amides is 1. The highest BCUT2D eigenvalue weighted by molar-refractivity contribution is 5.91. The molecule has 1 saturated heterocycles. The lowest BCUT2D eigenvalue weighted by Crippen LogP contribution is -2.40. The lowest BCUT2D eigenvalue weighted by molar-refractivity contribution is -0.118. The van der Waals surface area contributed by atoms with Gasteiger partial charge in [0.1, 0.15) is 18.3 Å². The minimum Gasteiger partial charge on any atom is -0.387 e. The summed E-state index contributed by atoms with van der Waals surface area (Å²) in [7, 11) is 1.48. The van der Waals surface area contributed by atoms with Crippen LogP contribution >= 0.6 is 0 Å². The molecule has 1 amide bonds. The van der Waals surface area contributed by atoms with Gasteiger partial charge in [0, 0.05) is 25.6 Å². The number of aromatic amines is 1. The minimum absolute atomic E-state index is 0.0217. The maximum Gasteiger partial charge on any atom is 0.280 e. The highest BCUT2D eigenvalue weighted by Gasteiger charge is 2.45. The molecule has 160 valence electrons. The highest BCUT2D eigenvalue weighted by atomic mass is 16.6. The largest absolute Gasteiger partial charge is 0.387 e. The van der Waals surface area contributed by atoms with Crippen LogP contribution in [-0.4, -0.2) is 68.5 Å². The zero-order valence-corrected chi connectivity index (χ0v) is 17.2. The summed E-state index contributed by atoms with van der Waals surface area (Å²) in [4.78, 5) is 35.3. The molecule has 11 heteroatoms. The van der Waals surface area contributed by atoms with E-state index in [9.17, 15) is 14.7 Å². The molecule has 3 rings (SSSR count). The molecule has 29 heavy (non-hydrogen) atoms. The molecule has 0 aromatic carbocycles. The van der Waals surface area contributed by atoms with E-state index in [0.29, 0.717) is 6.54 Å². The quantitative estimate of drug-likeness (QED) is 0.501. The lowest BCUT2D eigenvalue weighted by Gasteiger charge is -2.20. The normalized spacial score (nSPS) is 24.7. The molecule has 0 spiro atoms. The first-order valence-electron chi connectivity index (χ1n) is 9.60. The number of ether oxygens (including phenoxy) is 2. The monoisotopic (exact) mass is 408 g/mol. The summed E-state index contributed by atoms with van der Waals surface area (Å²) in [6.07, 6.45) is -1.38. The van der Waals surface area contributed by atoms with E-state index in [1.54, 1.807) is 18.4 Å². The van der Waals surface area contributed by atoms with Crippen molar-refractivity contribution in [3.63, 3.8) is 0 Å². The third-order valence-electron chi connectivity index (χ3n) is 4.78. The van der Waals surface area contributed by atoms with Crippen molar-refractivity contribution in [1.82, 2.24) is 24.8 Å². The number of methoxy groups -OCH3 is 1. The highest BCUT2D eigenvalue weighted by Crippen LogP contribution is 2.32. The third-order valence-corrected chi connectivity index (χ3v) is 4.78. The van der Waals surface area contributed by atoms with Crippen molar-refractivity contribution in [3.05, 3.63) is 16.7 Å². The molecule has 0 bridgehead atoms. The Bertz CT molecular complexity index is 923. The Labute approximate surface area is 167 Å². The number of imidazole rings is 1. The average molecular weight is 408 g/mol. The summed E-state index contributed by atoms with van der Waals surface area (Å²) in [5, 5.41) is 16.4. The number of nitrogens with one attached hydrogen (secondary N) is 3. The van der Waals surface area contributed by atoms with Crippen molar-refractivity contribution in [2.24, 2.45) is 5.92 Å². The van der Waals surface area contributed by atoms with Crippen molar-refractivity contribution < 1.29 is 19.4 Å². The summed E-state index contributed by atoms with van der Waals surface area (Å²) in [6.45, 7) is 7.90. The van der Waals surface area contributed by atoms with Crippen LogP contribution in [0.5, 0.6) is 0 Å². The van der Waals surface area contributed by atoms with Gasteiger partial charge < -0.3 is 19.9 Å². The standard InChI is InChI=1S/C18H28N6O5/c1-8(2)15(26)22-18-21-14-11(16(27)23-18)20-7-24(14)17-13(28-5)12(25)10(29-17)6-19-9(3)4/h7-10,12-13,17,19,25H,6H2,1-5H3,(H2,21,22,23,26,27)/t10-,12-,13-,17-/m1/s1. The SMILES string of the molecule is CO[C@@H]1[C@H](O)[C@@H](CNC(C)C)O[C@H]1n1cnc2c(=O)[nH]c(NC(=O)C(C)C)nc21. The van der Waals surface area contributed by atoms with E-state index in [1.807, 2.05) is 13.8 Å². The number of nitrogens with zero attached hydrogens (tertiary/aromatic N) is 3. The van der Waals surface area contributed by atoms with Gasteiger partial charge in [-0.25, -0.2) is 4.98 Å². The Kier molecular flexibility index (Phi) is 6.32. The zero-order chi connectivity index (χ0) is 21.3. The van der Waals surface area contributed by atoms with E-state index in [4.69, 9.17) is 9.47 Å². The fourth-order valence-electron chi connectivity index (χ4n) is 3.15. The van der Waals surface area contributed by atoms with Crippen molar-refractivity contribution in [1.29, 1.82) is 0 Å². The summed E-state index contributed by atoms with van der Waals surface area (Å²) in [5.74, 6) is -0.532. The third kappa shape index (κ3) is 4.32. The predicted octanol–water partition coefficient (Wildman–Crippen LogP) is -0.0146. The molecule has 11 nitrogen and oxygen atoms in total. The molecule has 1 fully saturated rings. The zero-order valence-electron chi connectivity index (χ0n) is 17.2. The number of anilines is 1. The number of H-pyrrole nitrogens is 1. The Morgan fingerprint density at radius 3 is 2.76 bits per heavy atom. The number of carbonyl (C=O) groups excluding carboxylic acids is 1. The van der Waals surface area contributed by atoms with Crippen LogP contribution in [0, 0.1) is 5.92 Å². The molecule has 0 saturated carbocycles. The molecule has 2 aromatic rings. The van der Waals surface area contributed by atoms with Crippen molar-refractivity contribution in [3.8, 4) is 0 Å². The van der Waals surface area contributed by atoms with Gasteiger partial charge in [0.2, 0.25) is 11.9 Å². The van der Waals surface area contributed by atoms with Crippen LogP contribution in [0.25, 0.3) is 11.2 Å². The van der Waals surface area contributed by atoms with Gasteiger partial charge in [0.05, 0.1) is 6.33 Å². The van der Waals surface area contributed by atoms with Crippen LogP contribution in [0.2, 0.25) is 0 Å². The molecule has 0 aliphatic carbocycles. The summed E-state index contributed by atoms with van der Waals surface area (Å²) >= 11 is 0. The van der Waals surface area contributed by atoms with Gasteiger partial charge >= 0.3 is 0 Å². The molecule has 4 N–H and O–H groups in total. The maximum atomic E-state index is 12.4. The van der Waals surface area contributed by atoms with Crippen LogP contribution in [0.3, 0.4) is 0 Å². The second kappa shape index (κ2) is 8.57. The van der Waals surface area contributed by atoms with Crippen LogP contribution in [-0.2, 0) is 14.3 Å². The van der Waals surface area contributed by atoms with Gasteiger partial charge in [-0.3, -0.25) is 24.5 Å². The Hall–Kier alpha value is -2.34. The number of aliphatic hydroxyl groups is 1. The summed E-state index contributed by atoms with van der Waals surface area (Å²) in [6, 6.07) is 0.229. The lowest BCUT2D eigenvalue weighted by atomic mass is 10.1. The molecule has 1 aliphatic rings. The van der Waals surface area contributed by atoms with E-state index in [1.165, 1.54) is 13.4 Å². The van der Waals surface area contributed by atoms with Crippen LogP contribution in [0.1, 0.15) is 33.9 Å². The number of aliphatic hydroxyl groups excluding tert-OH is 1. The fourth-order valence-corrected chi connectivity index (χ4v) is 3.15. The molecule has 4 atom stereocenters. The number of hydrogen-bond acceptors (Lipinski definition) is 8. The molecule has 1 aliphatic heterocycles. The number of carbonyl (C=O) groups is 1. The van der Waals surface area contributed by atoms with Gasteiger partial charge in [-0.15, -0.1) is 0 Å². The Morgan fingerprint density at radius 1 is 1.41 bits per heavy atom. The van der Waals surface area contributed by atoms with E-state index in [-0.39, 0.29) is 35.0 Å². The average Bonchev–Trinajstić information content (AvgIpc) is 3.20. The number of aromatic nitrogens is 4. The van der Waals surface area contributed by atoms with Crippen molar-refractivity contribution in [2.45, 2.75) is 58.3 Å². The van der Waals surface area contributed by atoms with Crippen molar-refractivity contribution in [2.75, 3.05) is 19.0 Å². The number of rotatable bonds is 7. The van der Waals surface area contributed by atoms with Crippen molar-refractivity contribution >= 4 is 23.0 Å². The topological polar surface area (TPSA) is 143 Å². The molecular formula is C18H28N6O5. The first kappa shape index (κ1) is 21.4. The van der Waals surface area contributed by atoms with Crippen LogP contribution in [0.4, 0.5) is 5.95 Å². The van der Waals surface area contributed by atoms with Crippen LogP contribution < -0.4 is 16.2 Å². The first-order chi connectivity index (χ1) is 13.7. The van der Waals surface area contributed by atoms with E-state index >= 15 is 0 Å². The van der Waals surface area contributed by atoms with E-state index < -0.39 is 30.1 Å². The van der Waals surface area contributed by atoms with Gasteiger partial charge in [0.15, 0.2) is 17.4 Å². The minimum atomic E-state index is -0.879. The second-order valence-electron chi connectivity index (χ2n) is 7.70. The van der Waals surface area contributed by atoms with E-state index in [0.717, 1.165) is 0 Å². The molecule has 3 heterocycles. The fraction of sp³-hybridized carbons (Fsp3) is 0.667. The van der Waals surface area contributed by atoms with Gasteiger partial charge in [0.25, 0.3) is 5.56 Å². The number of hydrogen-bond donors (Lipinski definition) is 4. The first-order valence-corrected chi connectivity index (χ1v) is 9.60. The second-order valence-corrected chi connectivity index (χ2v) is 7.70. The molecule has 2 aromatic heterocycles. The van der Waals surface area contributed by atoms with Gasteiger partial charge in [-0.2, -0.15) is 4.98 Å². The molecule has 0 radical (unpaired) electrons. The molecule has 0 unspecified atom stereocenters. The molecular weight excluding hydrogens is 380 g/mol. The Morgan fingerprint density at radius 2 is 2.14 bits per heavy atom. The van der Waals surface area contributed by atoms with Gasteiger partial charge in [-0.1, -0.05) is 27.7 Å². The predicted molar refractivity (Wildman–Crippen MR) is 105 cm³/mol. The number of fused-ring (bicyclic) bond motifs is 1. The smallest absolute Gasteiger partial charge is 0.280 e. The maximum absolute atomic E-state index is 12.4. The summed E-state index contributed by atoms with van der Waals surface area (Å²) in [5.41, 5.74) is -0.160. The Balaban J connectivity index is 1.95. The van der Waals surface area contributed by atoms with E-state index in [2.05, 4.69) is 25.6 Å². The van der Waals surface area contributed by atoms with Crippen LogP contribution in [0.15, 0.2) is 11.1 Å².